The lowest BCUT2D eigenvalue weighted by Crippen LogP contribution is -3.00. The average molecular weight is 120 g/mol. The number of rotatable bonds is 0. The second-order valence-corrected chi connectivity index (χ2v) is 1.83. The fourth-order valence-corrected chi connectivity index (χ4v) is 0.783. The summed E-state index contributed by atoms with van der Waals surface area (Å²) in [6.07, 6.45) is 2.70. The minimum atomic E-state index is 0. The van der Waals surface area contributed by atoms with Gasteiger partial charge in [0.2, 0.25) is 0 Å². The van der Waals surface area contributed by atoms with Crippen LogP contribution in [0.2, 0.25) is 0 Å². The molecule has 0 aromatic rings. The molecule has 0 atom stereocenters. The van der Waals surface area contributed by atoms with Gasteiger partial charge in [0, 0.05) is 12.8 Å². The molecular weight excluding hydrogens is 110 g/mol. The SMILES string of the molecule is C=[N+]1CCCC1.[Cl-]. The maximum atomic E-state index is 3.77. The van der Waals surface area contributed by atoms with Crippen molar-refractivity contribution >= 4 is 6.72 Å². The predicted molar refractivity (Wildman–Crippen MR) is 26.3 cm³/mol. The van der Waals surface area contributed by atoms with Crippen molar-refractivity contribution < 1.29 is 17.0 Å². The van der Waals surface area contributed by atoms with E-state index in [9.17, 15) is 0 Å². The van der Waals surface area contributed by atoms with E-state index in [1.165, 1.54) is 25.9 Å². The third kappa shape index (κ3) is 1.93. The molecular formula is C5H10ClN. The Bertz CT molecular complexity index is 62.5. The fourth-order valence-electron chi connectivity index (χ4n) is 0.783. The van der Waals surface area contributed by atoms with Crippen LogP contribution in [-0.2, 0) is 0 Å². The summed E-state index contributed by atoms with van der Waals surface area (Å²) >= 11 is 0. The van der Waals surface area contributed by atoms with E-state index >= 15 is 0 Å². The highest BCUT2D eigenvalue weighted by Gasteiger charge is 2.07. The zero-order valence-electron chi connectivity index (χ0n) is 4.36. The summed E-state index contributed by atoms with van der Waals surface area (Å²) in [5.74, 6) is 0. The number of hydrogen-bond donors (Lipinski definition) is 0. The van der Waals surface area contributed by atoms with Crippen molar-refractivity contribution in [3.63, 3.8) is 0 Å². The summed E-state index contributed by atoms with van der Waals surface area (Å²) in [5.41, 5.74) is 0. The minimum Gasteiger partial charge on any atom is -1.00 e. The van der Waals surface area contributed by atoms with Gasteiger partial charge < -0.3 is 12.4 Å². The summed E-state index contributed by atoms with van der Waals surface area (Å²) in [5, 5.41) is 0. The van der Waals surface area contributed by atoms with Crippen molar-refractivity contribution in [2.45, 2.75) is 12.8 Å². The maximum Gasteiger partial charge on any atom is 0.142 e. The van der Waals surface area contributed by atoms with Gasteiger partial charge in [-0.05, 0) is 0 Å². The van der Waals surface area contributed by atoms with Gasteiger partial charge >= 0.3 is 0 Å². The summed E-state index contributed by atoms with van der Waals surface area (Å²) in [6.45, 7) is 6.19. The Hall–Kier alpha value is -0.0400. The van der Waals surface area contributed by atoms with Crippen LogP contribution in [0.3, 0.4) is 0 Å². The van der Waals surface area contributed by atoms with Crippen LogP contribution in [0.5, 0.6) is 0 Å². The molecule has 0 amide bonds. The zero-order chi connectivity index (χ0) is 4.41. The smallest absolute Gasteiger partial charge is 0.142 e. The van der Waals surface area contributed by atoms with Gasteiger partial charge in [-0.25, -0.2) is 4.58 Å². The largest absolute Gasteiger partial charge is 1.00 e. The van der Waals surface area contributed by atoms with Gasteiger partial charge in [-0.2, -0.15) is 0 Å². The Morgan fingerprint density at radius 3 is 1.71 bits per heavy atom. The van der Waals surface area contributed by atoms with E-state index in [1.807, 2.05) is 0 Å². The van der Waals surface area contributed by atoms with Gasteiger partial charge in [0.25, 0.3) is 0 Å². The third-order valence-corrected chi connectivity index (χ3v) is 1.20. The standard InChI is InChI=1S/C5H10N.ClH/c1-6-4-2-3-5-6;/h1-5H2;1H/q+1;/p-1. The average Bonchev–Trinajstić information content (AvgIpc) is 1.86. The Morgan fingerprint density at radius 2 is 1.57 bits per heavy atom. The van der Waals surface area contributed by atoms with Gasteiger partial charge in [-0.1, -0.05) is 0 Å². The number of hydrogen-bond acceptors (Lipinski definition) is 0. The third-order valence-electron chi connectivity index (χ3n) is 1.20. The minimum absolute atomic E-state index is 0. The Morgan fingerprint density at radius 1 is 1.14 bits per heavy atom. The normalized spacial score (nSPS) is 19.1. The van der Waals surface area contributed by atoms with Crippen LogP contribution >= 0.6 is 0 Å². The van der Waals surface area contributed by atoms with Crippen LogP contribution < -0.4 is 12.4 Å². The summed E-state index contributed by atoms with van der Waals surface area (Å²) < 4.78 is 2.11. The first-order valence-electron chi connectivity index (χ1n) is 2.45. The second kappa shape index (κ2) is 3.03. The maximum absolute atomic E-state index is 3.77. The Balaban J connectivity index is 0.000000360. The summed E-state index contributed by atoms with van der Waals surface area (Å²) in [6, 6.07) is 0. The van der Waals surface area contributed by atoms with E-state index in [1.54, 1.807) is 0 Å². The lowest BCUT2D eigenvalue weighted by atomic mass is 10.4. The fraction of sp³-hybridized carbons (Fsp3) is 0.800. The van der Waals surface area contributed by atoms with Crippen molar-refractivity contribution in [1.29, 1.82) is 0 Å². The zero-order valence-corrected chi connectivity index (χ0v) is 5.12. The molecule has 1 aliphatic heterocycles. The predicted octanol–water partition coefficient (Wildman–Crippen LogP) is -2.50. The molecule has 0 unspecified atom stereocenters. The number of nitrogens with zero attached hydrogens (tertiary/aromatic N) is 1. The molecule has 0 aromatic carbocycles. The lowest BCUT2D eigenvalue weighted by Gasteiger charge is -1.78. The molecule has 1 fully saturated rings. The molecule has 7 heavy (non-hydrogen) atoms. The molecule has 2 heteroatoms. The van der Waals surface area contributed by atoms with Gasteiger partial charge in [0.15, 0.2) is 0 Å². The van der Waals surface area contributed by atoms with E-state index in [2.05, 4.69) is 11.3 Å². The quantitative estimate of drug-likeness (QED) is 0.310. The van der Waals surface area contributed by atoms with Gasteiger partial charge in [-0.3, -0.25) is 0 Å². The molecule has 1 rings (SSSR count). The van der Waals surface area contributed by atoms with Gasteiger partial charge in [0.1, 0.15) is 19.8 Å². The van der Waals surface area contributed by atoms with E-state index in [0.29, 0.717) is 0 Å². The highest BCUT2D eigenvalue weighted by Crippen LogP contribution is 1.97. The van der Waals surface area contributed by atoms with Crippen LogP contribution in [-0.4, -0.2) is 24.4 Å². The van der Waals surface area contributed by atoms with Gasteiger partial charge in [-0.15, -0.1) is 0 Å². The molecule has 0 radical (unpaired) electrons. The van der Waals surface area contributed by atoms with Crippen LogP contribution in [0.1, 0.15) is 12.8 Å². The molecule has 0 aromatic heterocycles. The molecule has 0 bridgehead atoms. The first-order chi connectivity index (χ1) is 2.89. The van der Waals surface area contributed by atoms with Crippen molar-refractivity contribution in [1.82, 2.24) is 0 Å². The summed E-state index contributed by atoms with van der Waals surface area (Å²) in [4.78, 5) is 0. The molecule has 0 N–H and O–H groups in total. The molecule has 0 saturated carbocycles. The van der Waals surface area contributed by atoms with Crippen molar-refractivity contribution in [2.75, 3.05) is 13.1 Å². The lowest BCUT2D eigenvalue weighted by molar-refractivity contribution is -0.497. The Kier molecular flexibility index (Phi) is 3.01. The highest BCUT2D eigenvalue weighted by atomic mass is 35.5. The summed E-state index contributed by atoms with van der Waals surface area (Å²) in [7, 11) is 0. The topological polar surface area (TPSA) is 3.01 Å². The molecule has 1 heterocycles. The highest BCUT2D eigenvalue weighted by molar-refractivity contribution is 5.14. The van der Waals surface area contributed by atoms with Crippen LogP contribution in [0.25, 0.3) is 0 Å². The molecule has 1 nitrogen and oxygen atoms in total. The second-order valence-electron chi connectivity index (χ2n) is 1.83. The van der Waals surface area contributed by atoms with Crippen molar-refractivity contribution in [2.24, 2.45) is 0 Å². The van der Waals surface area contributed by atoms with Crippen LogP contribution in [0.15, 0.2) is 0 Å². The van der Waals surface area contributed by atoms with Crippen LogP contribution in [0.4, 0.5) is 0 Å². The molecule has 0 spiro atoms. The molecule has 42 valence electrons. The first-order valence-corrected chi connectivity index (χ1v) is 2.45. The van der Waals surface area contributed by atoms with E-state index in [-0.39, 0.29) is 12.4 Å². The van der Waals surface area contributed by atoms with Crippen molar-refractivity contribution in [3.8, 4) is 0 Å². The van der Waals surface area contributed by atoms with E-state index < -0.39 is 0 Å². The number of halogens is 1. The Labute approximate surface area is 50.5 Å². The van der Waals surface area contributed by atoms with E-state index in [0.717, 1.165) is 0 Å². The van der Waals surface area contributed by atoms with Gasteiger partial charge in [0.05, 0.1) is 0 Å². The van der Waals surface area contributed by atoms with Crippen molar-refractivity contribution in [3.05, 3.63) is 0 Å². The molecule has 1 saturated heterocycles. The van der Waals surface area contributed by atoms with Crippen LogP contribution in [0, 0.1) is 0 Å². The molecule has 1 aliphatic rings. The monoisotopic (exact) mass is 119 g/mol. The van der Waals surface area contributed by atoms with E-state index in [4.69, 9.17) is 0 Å². The molecule has 0 aliphatic carbocycles. The first kappa shape index (κ1) is 6.96.